The number of aliphatic carboxylic acids is 1. The average Bonchev–Trinajstić information content (AvgIpc) is 3.34. The second-order valence-corrected chi connectivity index (χ2v) is 8.47. The average molecular weight is 429 g/mol. The van der Waals surface area contributed by atoms with E-state index in [2.05, 4.69) is 10.6 Å². The van der Waals surface area contributed by atoms with Gasteiger partial charge in [0, 0.05) is 29.9 Å². The van der Waals surface area contributed by atoms with E-state index in [1.54, 1.807) is 0 Å². The smallest absolute Gasteiger partial charge is 0.303 e. The van der Waals surface area contributed by atoms with Crippen LogP contribution in [0, 0.1) is 0 Å². The lowest BCUT2D eigenvalue weighted by atomic mass is 9.90. The van der Waals surface area contributed by atoms with Crippen LogP contribution in [0.2, 0.25) is 0 Å². The highest BCUT2D eigenvalue weighted by molar-refractivity contribution is 6.00. The number of rotatable bonds is 10. The van der Waals surface area contributed by atoms with Gasteiger partial charge in [0.05, 0.1) is 0 Å². The summed E-state index contributed by atoms with van der Waals surface area (Å²) in [4.78, 5) is 37.3. The lowest BCUT2D eigenvalue weighted by molar-refractivity contribution is -0.138. The highest BCUT2D eigenvalue weighted by Gasteiger charge is 2.37. The van der Waals surface area contributed by atoms with Gasteiger partial charge < -0.3 is 26.0 Å². The van der Waals surface area contributed by atoms with E-state index in [9.17, 15) is 14.4 Å². The lowest BCUT2D eigenvalue weighted by Crippen LogP contribution is -2.55. The number of para-hydroxylation sites is 1. The Labute approximate surface area is 182 Å². The van der Waals surface area contributed by atoms with Crippen molar-refractivity contribution in [2.45, 2.75) is 62.9 Å². The highest BCUT2D eigenvalue weighted by Crippen LogP contribution is 2.34. The molecule has 0 unspecified atom stereocenters. The Hall–Kier alpha value is -2.87. The van der Waals surface area contributed by atoms with Crippen LogP contribution >= 0.6 is 0 Å². The zero-order valence-electron chi connectivity index (χ0n) is 18.0. The van der Waals surface area contributed by atoms with E-state index in [1.165, 1.54) is 0 Å². The first-order chi connectivity index (χ1) is 14.8. The van der Waals surface area contributed by atoms with Crippen LogP contribution in [0.15, 0.2) is 30.3 Å². The topological polar surface area (TPSA) is 126 Å². The number of carboxylic acid groups (broad SMARTS) is 1. The Balaban J connectivity index is 1.75. The minimum atomic E-state index is -0.871. The van der Waals surface area contributed by atoms with Gasteiger partial charge in [-0.25, -0.2) is 0 Å². The normalized spacial score (nSPS) is 16.2. The summed E-state index contributed by atoms with van der Waals surface area (Å²) in [5.74, 6) is -1.46. The molecule has 1 saturated carbocycles. The SMILES string of the molecule is Cn1c(C(=O)N[C@@H](CCCN)C(=O)NC2(CCC(=O)O)CCCC2)cc2ccccc21. The summed E-state index contributed by atoms with van der Waals surface area (Å²) >= 11 is 0. The van der Waals surface area contributed by atoms with Crippen LogP contribution in [-0.4, -0.2) is 45.6 Å². The molecule has 1 fully saturated rings. The molecular formula is C23H32N4O4. The van der Waals surface area contributed by atoms with Crippen molar-refractivity contribution < 1.29 is 19.5 Å². The zero-order chi connectivity index (χ0) is 22.4. The zero-order valence-corrected chi connectivity index (χ0v) is 18.0. The molecule has 168 valence electrons. The van der Waals surface area contributed by atoms with E-state index in [0.717, 1.165) is 36.6 Å². The molecule has 0 saturated heterocycles. The molecule has 8 nitrogen and oxygen atoms in total. The molecule has 0 spiro atoms. The van der Waals surface area contributed by atoms with Gasteiger partial charge in [-0.2, -0.15) is 0 Å². The Morgan fingerprint density at radius 2 is 1.94 bits per heavy atom. The number of nitrogens with one attached hydrogen (secondary N) is 2. The van der Waals surface area contributed by atoms with Gasteiger partial charge in [-0.1, -0.05) is 31.0 Å². The number of carbonyl (C=O) groups is 3. The van der Waals surface area contributed by atoms with Gasteiger partial charge in [0.2, 0.25) is 5.91 Å². The van der Waals surface area contributed by atoms with E-state index in [4.69, 9.17) is 10.8 Å². The molecule has 1 aliphatic carbocycles. The van der Waals surface area contributed by atoms with E-state index in [1.807, 2.05) is 41.9 Å². The second kappa shape index (κ2) is 9.96. The number of aromatic nitrogens is 1. The molecule has 1 aromatic carbocycles. The third-order valence-corrected chi connectivity index (χ3v) is 6.27. The minimum Gasteiger partial charge on any atom is -0.481 e. The molecule has 3 rings (SSSR count). The van der Waals surface area contributed by atoms with Crippen LogP contribution in [0.5, 0.6) is 0 Å². The van der Waals surface area contributed by atoms with E-state index in [0.29, 0.717) is 31.5 Å². The number of nitrogens with zero attached hydrogens (tertiary/aromatic N) is 1. The van der Waals surface area contributed by atoms with Gasteiger partial charge in [-0.3, -0.25) is 14.4 Å². The summed E-state index contributed by atoms with van der Waals surface area (Å²) < 4.78 is 1.81. The molecule has 8 heteroatoms. The number of benzene rings is 1. The van der Waals surface area contributed by atoms with Gasteiger partial charge in [0.25, 0.3) is 5.91 Å². The third kappa shape index (κ3) is 5.44. The number of amides is 2. The number of hydrogen-bond acceptors (Lipinski definition) is 4. The molecule has 0 bridgehead atoms. The van der Waals surface area contributed by atoms with Crippen LogP contribution in [0.25, 0.3) is 10.9 Å². The van der Waals surface area contributed by atoms with Crippen molar-refractivity contribution in [3.63, 3.8) is 0 Å². The molecule has 5 N–H and O–H groups in total. The minimum absolute atomic E-state index is 0.00997. The van der Waals surface area contributed by atoms with Crippen LogP contribution in [0.4, 0.5) is 0 Å². The van der Waals surface area contributed by atoms with Crippen molar-refractivity contribution in [2.24, 2.45) is 12.8 Å². The molecular weight excluding hydrogens is 396 g/mol. The monoisotopic (exact) mass is 428 g/mol. The maximum atomic E-state index is 13.2. The van der Waals surface area contributed by atoms with Gasteiger partial charge >= 0.3 is 5.97 Å². The van der Waals surface area contributed by atoms with Crippen molar-refractivity contribution in [2.75, 3.05) is 6.54 Å². The summed E-state index contributed by atoms with van der Waals surface area (Å²) in [7, 11) is 1.83. The molecule has 1 aromatic heterocycles. The number of hydrogen-bond donors (Lipinski definition) is 4. The van der Waals surface area contributed by atoms with Crippen molar-refractivity contribution in [3.05, 3.63) is 36.0 Å². The summed E-state index contributed by atoms with van der Waals surface area (Å²) in [5, 5.41) is 16.0. The standard InChI is InChI=1S/C23H32N4O4/c1-27-18-9-3-2-7-16(18)15-19(27)22(31)25-17(8-6-14-24)21(30)26-23(11-4-5-12-23)13-10-20(28)29/h2-3,7,9,15,17H,4-6,8,10-14,24H2,1H3,(H,25,31)(H,26,30)(H,28,29)/t17-/m0/s1. The predicted octanol–water partition coefficient (Wildman–Crippen LogP) is 2.31. The fraction of sp³-hybridized carbons (Fsp3) is 0.522. The van der Waals surface area contributed by atoms with Gasteiger partial charge in [-0.15, -0.1) is 0 Å². The maximum Gasteiger partial charge on any atom is 0.303 e. The number of aryl methyl sites for hydroxylation is 1. The first-order valence-corrected chi connectivity index (χ1v) is 10.9. The molecule has 2 aromatic rings. The Morgan fingerprint density at radius 1 is 1.23 bits per heavy atom. The lowest BCUT2D eigenvalue weighted by Gasteiger charge is -2.32. The van der Waals surface area contributed by atoms with Gasteiger partial charge in [0.1, 0.15) is 11.7 Å². The summed E-state index contributed by atoms with van der Waals surface area (Å²) in [5.41, 5.74) is 6.56. The number of carboxylic acids is 1. The van der Waals surface area contributed by atoms with E-state index in [-0.39, 0.29) is 18.2 Å². The summed E-state index contributed by atoms with van der Waals surface area (Å²) in [6, 6.07) is 8.80. The van der Waals surface area contributed by atoms with Crippen LogP contribution < -0.4 is 16.4 Å². The molecule has 0 aliphatic heterocycles. The second-order valence-electron chi connectivity index (χ2n) is 8.47. The highest BCUT2D eigenvalue weighted by atomic mass is 16.4. The summed E-state index contributed by atoms with van der Waals surface area (Å²) in [6.07, 6.45) is 4.85. The largest absolute Gasteiger partial charge is 0.481 e. The number of carbonyl (C=O) groups excluding carboxylic acids is 2. The number of fused-ring (bicyclic) bond motifs is 1. The first kappa shape index (κ1) is 22.8. The Kier molecular flexibility index (Phi) is 7.33. The van der Waals surface area contributed by atoms with Crippen LogP contribution in [0.1, 0.15) is 61.9 Å². The molecule has 1 heterocycles. The van der Waals surface area contributed by atoms with Crippen molar-refractivity contribution in [1.29, 1.82) is 0 Å². The van der Waals surface area contributed by atoms with Crippen molar-refractivity contribution >= 4 is 28.7 Å². The van der Waals surface area contributed by atoms with Gasteiger partial charge in [-0.05, 0) is 50.8 Å². The molecule has 1 aliphatic rings. The number of nitrogens with two attached hydrogens (primary N) is 1. The molecule has 0 radical (unpaired) electrons. The predicted molar refractivity (Wildman–Crippen MR) is 119 cm³/mol. The Morgan fingerprint density at radius 3 is 2.58 bits per heavy atom. The quantitative estimate of drug-likeness (QED) is 0.462. The molecule has 1 atom stereocenters. The maximum absolute atomic E-state index is 13.2. The Bertz CT molecular complexity index is 946. The van der Waals surface area contributed by atoms with E-state index >= 15 is 0 Å². The van der Waals surface area contributed by atoms with Crippen LogP contribution in [-0.2, 0) is 16.6 Å². The third-order valence-electron chi connectivity index (χ3n) is 6.27. The summed E-state index contributed by atoms with van der Waals surface area (Å²) in [6.45, 7) is 0.415. The van der Waals surface area contributed by atoms with Crippen LogP contribution in [0.3, 0.4) is 0 Å². The van der Waals surface area contributed by atoms with E-state index < -0.39 is 17.6 Å². The fourth-order valence-corrected chi connectivity index (χ4v) is 4.51. The fourth-order valence-electron chi connectivity index (χ4n) is 4.51. The van der Waals surface area contributed by atoms with Crippen molar-refractivity contribution in [3.8, 4) is 0 Å². The molecule has 2 amide bonds. The molecule has 31 heavy (non-hydrogen) atoms. The van der Waals surface area contributed by atoms with Crippen molar-refractivity contribution in [1.82, 2.24) is 15.2 Å². The van der Waals surface area contributed by atoms with Gasteiger partial charge in [0.15, 0.2) is 0 Å². The first-order valence-electron chi connectivity index (χ1n) is 10.9.